The molecule has 1 aliphatic rings. The van der Waals surface area contributed by atoms with Crippen LogP contribution in [-0.4, -0.2) is 21.3 Å². The maximum absolute atomic E-state index is 9.81. The van der Waals surface area contributed by atoms with E-state index in [-0.39, 0.29) is 6.61 Å². The number of hydrogen-bond acceptors (Lipinski definition) is 3. The van der Waals surface area contributed by atoms with E-state index in [2.05, 4.69) is 90.4 Å². The van der Waals surface area contributed by atoms with Gasteiger partial charge >= 0.3 is 0 Å². The molecule has 6 rings (SSSR count). The maximum atomic E-state index is 9.81. The average Bonchev–Trinajstić information content (AvgIpc) is 3.20. The Morgan fingerprint density at radius 2 is 1.66 bits per heavy atom. The standard InChI is InChI=1S/C34H29N3O/c1-23-19-28(25-7-3-2-4-8-25)21-32-34(23)36-33(16-18-38)37(32)22-24-11-14-30-27(20-24)13-12-26-9-5-6-10-29(26)31(30)15-17-35/h2-11,14-15,19-21,38H,12-13,16,18,22H2,1H3. The van der Waals surface area contributed by atoms with Crippen LogP contribution >= 0.6 is 0 Å². The summed E-state index contributed by atoms with van der Waals surface area (Å²) < 4.78 is 2.25. The fourth-order valence-corrected chi connectivity index (χ4v) is 5.74. The highest BCUT2D eigenvalue weighted by molar-refractivity contribution is 5.87. The van der Waals surface area contributed by atoms with Crippen LogP contribution in [0.25, 0.3) is 27.7 Å². The Kier molecular flexibility index (Phi) is 6.37. The van der Waals surface area contributed by atoms with Gasteiger partial charge in [0.2, 0.25) is 0 Å². The van der Waals surface area contributed by atoms with Gasteiger partial charge in [0.1, 0.15) is 5.82 Å². The van der Waals surface area contributed by atoms with Gasteiger partial charge in [0.15, 0.2) is 0 Å². The predicted molar refractivity (Wildman–Crippen MR) is 153 cm³/mol. The molecule has 4 nitrogen and oxygen atoms in total. The van der Waals surface area contributed by atoms with E-state index in [4.69, 9.17) is 4.98 Å². The van der Waals surface area contributed by atoms with Gasteiger partial charge in [-0.2, -0.15) is 5.26 Å². The van der Waals surface area contributed by atoms with E-state index >= 15 is 0 Å². The predicted octanol–water partition coefficient (Wildman–Crippen LogP) is 6.65. The molecule has 38 heavy (non-hydrogen) atoms. The van der Waals surface area contributed by atoms with Crippen LogP contribution in [0.2, 0.25) is 0 Å². The number of benzene rings is 4. The largest absolute Gasteiger partial charge is 0.396 e. The third kappa shape index (κ3) is 4.32. The summed E-state index contributed by atoms with van der Waals surface area (Å²) in [6.45, 7) is 2.83. The topological polar surface area (TPSA) is 61.8 Å². The molecule has 0 radical (unpaired) electrons. The SMILES string of the molecule is Cc1cc(-c2ccccc2)cc2c1nc(CCO)n2Cc1ccc2c(c1)CCc1ccccc1C2=CC#N. The van der Waals surface area contributed by atoms with Crippen LogP contribution in [0.4, 0.5) is 0 Å². The highest BCUT2D eigenvalue weighted by atomic mass is 16.3. The number of nitrogens with zero attached hydrogens (tertiary/aromatic N) is 3. The summed E-state index contributed by atoms with van der Waals surface area (Å²) >= 11 is 0. The molecule has 4 aromatic carbocycles. The number of fused-ring (bicyclic) bond motifs is 3. The van der Waals surface area contributed by atoms with Crippen molar-refractivity contribution in [3.63, 3.8) is 0 Å². The van der Waals surface area contributed by atoms with Crippen molar-refractivity contribution in [2.24, 2.45) is 0 Å². The van der Waals surface area contributed by atoms with Crippen molar-refractivity contribution in [1.29, 1.82) is 5.26 Å². The Bertz CT molecular complexity index is 1720. The van der Waals surface area contributed by atoms with E-state index in [1.165, 1.54) is 27.8 Å². The van der Waals surface area contributed by atoms with Crippen molar-refractivity contribution in [2.45, 2.75) is 32.7 Å². The van der Waals surface area contributed by atoms with E-state index in [1.807, 2.05) is 12.1 Å². The third-order valence-corrected chi connectivity index (χ3v) is 7.55. The average molecular weight is 496 g/mol. The molecule has 1 N–H and O–H groups in total. The highest BCUT2D eigenvalue weighted by Gasteiger charge is 2.19. The fraction of sp³-hybridized carbons (Fsp3) is 0.176. The van der Waals surface area contributed by atoms with Gasteiger partial charge in [-0.3, -0.25) is 0 Å². The van der Waals surface area contributed by atoms with E-state index in [9.17, 15) is 10.4 Å². The van der Waals surface area contributed by atoms with Crippen molar-refractivity contribution in [3.8, 4) is 17.2 Å². The normalized spacial score (nSPS) is 13.7. The van der Waals surface area contributed by atoms with E-state index in [0.29, 0.717) is 13.0 Å². The molecule has 0 saturated heterocycles. The lowest BCUT2D eigenvalue weighted by Gasteiger charge is -2.14. The third-order valence-electron chi connectivity index (χ3n) is 7.55. The molecule has 1 aliphatic carbocycles. The quantitative estimate of drug-likeness (QED) is 0.278. The monoisotopic (exact) mass is 495 g/mol. The minimum atomic E-state index is 0.0542. The van der Waals surface area contributed by atoms with E-state index < -0.39 is 0 Å². The molecule has 1 heterocycles. The van der Waals surface area contributed by atoms with Gasteiger partial charge in [0, 0.05) is 19.0 Å². The number of rotatable bonds is 5. The minimum Gasteiger partial charge on any atom is -0.396 e. The molecule has 4 heteroatoms. The van der Waals surface area contributed by atoms with Crippen LogP contribution in [0.5, 0.6) is 0 Å². The molecule has 0 atom stereocenters. The number of aromatic nitrogens is 2. The van der Waals surface area contributed by atoms with E-state index in [0.717, 1.165) is 52.0 Å². The number of allylic oxidation sites excluding steroid dienone is 1. The molecule has 0 amide bonds. The lowest BCUT2D eigenvalue weighted by molar-refractivity contribution is 0.295. The zero-order valence-electron chi connectivity index (χ0n) is 21.5. The fourth-order valence-electron chi connectivity index (χ4n) is 5.74. The summed E-state index contributed by atoms with van der Waals surface area (Å²) in [5.74, 6) is 0.892. The Hall–Kier alpha value is -4.46. The summed E-state index contributed by atoms with van der Waals surface area (Å²) in [7, 11) is 0. The summed E-state index contributed by atoms with van der Waals surface area (Å²) in [5, 5.41) is 19.3. The molecule has 1 aromatic heterocycles. The molecular formula is C34H29N3O. The number of imidazole rings is 1. The van der Waals surface area contributed by atoms with Gasteiger partial charge in [0.25, 0.3) is 0 Å². The van der Waals surface area contributed by atoms with Crippen molar-refractivity contribution in [3.05, 3.63) is 130 Å². The van der Waals surface area contributed by atoms with Gasteiger partial charge in [-0.25, -0.2) is 4.98 Å². The molecule has 0 aliphatic heterocycles. The van der Waals surface area contributed by atoms with Gasteiger partial charge in [-0.15, -0.1) is 0 Å². The first-order valence-electron chi connectivity index (χ1n) is 13.1. The van der Waals surface area contributed by atoms with Crippen molar-refractivity contribution in [2.75, 3.05) is 6.61 Å². The lowest BCUT2D eigenvalue weighted by atomic mass is 9.93. The summed E-state index contributed by atoms with van der Waals surface area (Å²) in [6.07, 6.45) is 4.05. The lowest BCUT2D eigenvalue weighted by Crippen LogP contribution is -2.08. The first kappa shape index (κ1) is 23.9. The van der Waals surface area contributed by atoms with Crippen molar-refractivity contribution >= 4 is 16.6 Å². The van der Waals surface area contributed by atoms with Gasteiger partial charge in [-0.1, -0.05) is 72.8 Å². The molecule has 5 aromatic rings. The molecular weight excluding hydrogens is 466 g/mol. The summed E-state index contributed by atoms with van der Waals surface area (Å²) in [6, 6.07) is 32.1. The van der Waals surface area contributed by atoms with Gasteiger partial charge < -0.3 is 9.67 Å². The molecule has 0 fully saturated rings. The Morgan fingerprint density at radius 3 is 2.47 bits per heavy atom. The van der Waals surface area contributed by atoms with Crippen LogP contribution < -0.4 is 0 Å². The molecule has 186 valence electrons. The number of aryl methyl sites for hydroxylation is 3. The zero-order valence-corrected chi connectivity index (χ0v) is 21.5. The first-order valence-corrected chi connectivity index (χ1v) is 13.1. The second-order valence-corrected chi connectivity index (χ2v) is 9.95. The highest BCUT2D eigenvalue weighted by Crippen LogP contribution is 2.35. The second kappa shape index (κ2) is 10.1. The van der Waals surface area contributed by atoms with Gasteiger partial charge in [-0.05, 0) is 82.0 Å². The van der Waals surface area contributed by atoms with Crippen LogP contribution in [0.3, 0.4) is 0 Å². The van der Waals surface area contributed by atoms with Crippen molar-refractivity contribution < 1.29 is 5.11 Å². The molecule has 0 saturated carbocycles. The van der Waals surface area contributed by atoms with Crippen LogP contribution in [0.15, 0.2) is 91.0 Å². The first-order chi connectivity index (χ1) is 18.7. The number of nitriles is 1. The summed E-state index contributed by atoms with van der Waals surface area (Å²) in [5.41, 5.74) is 12.5. The molecule has 0 unspecified atom stereocenters. The van der Waals surface area contributed by atoms with Crippen LogP contribution in [0, 0.1) is 18.3 Å². The maximum Gasteiger partial charge on any atom is 0.112 e. The van der Waals surface area contributed by atoms with Gasteiger partial charge in [0.05, 0.1) is 23.7 Å². The number of aliphatic hydroxyl groups excluding tert-OH is 1. The summed E-state index contributed by atoms with van der Waals surface area (Å²) in [4.78, 5) is 4.96. The van der Waals surface area contributed by atoms with E-state index in [1.54, 1.807) is 6.08 Å². The molecule has 0 bridgehead atoms. The number of hydrogen-bond donors (Lipinski definition) is 1. The van der Waals surface area contributed by atoms with Crippen molar-refractivity contribution in [1.82, 2.24) is 9.55 Å². The van der Waals surface area contributed by atoms with Crippen LogP contribution in [0.1, 0.15) is 39.2 Å². The van der Waals surface area contributed by atoms with Crippen LogP contribution in [-0.2, 0) is 25.8 Å². The Morgan fingerprint density at radius 1 is 0.895 bits per heavy atom. The smallest absolute Gasteiger partial charge is 0.112 e. The zero-order chi connectivity index (χ0) is 26.1. The molecule has 0 spiro atoms. The number of aliphatic hydroxyl groups is 1. The Balaban J connectivity index is 1.44. The minimum absolute atomic E-state index is 0.0542. The second-order valence-electron chi connectivity index (χ2n) is 9.95. The Labute approximate surface area is 223 Å².